The first-order valence-corrected chi connectivity index (χ1v) is 5.53. The molecule has 0 unspecified atom stereocenters. The standard InChI is InChI=1S/C13H18O2/c1-10-5-11(2)7-13(6-10)15-9-14-8-12-3-4-12/h5-7,12H,3-4,8-9H2,1-2H3. The minimum atomic E-state index is 0.374. The van der Waals surface area contributed by atoms with Gasteiger partial charge in [-0.25, -0.2) is 0 Å². The highest BCUT2D eigenvalue weighted by atomic mass is 16.7. The SMILES string of the molecule is Cc1cc(C)cc(OCOCC2CC2)c1. The molecule has 1 saturated carbocycles. The number of hydrogen-bond acceptors (Lipinski definition) is 2. The first-order chi connectivity index (χ1) is 7.24. The fraction of sp³-hybridized carbons (Fsp3) is 0.538. The van der Waals surface area contributed by atoms with E-state index in [9.17, 15) is 0 Å². The second-order valence-corrected chi connectivity index (χ2v) is 4.40. The lowest BCUT2D eigenvalue weighted by atomic mass is 10.1. The average Bonchev–Trinajstić information content (AvgIpc) is 2.94. The van der Waals surface area contributed by atoms with Crippen LogP contribution in [0.5, 0.6) is 5.75 Å². The number of aryl methyl sites for hydroxylation is 2. The van der Waals surface area contributed by atoms with E-state index in [2.05, 4.69) is 19.9 Å². The summed E-state index contributed by atoms with van der Waals surface area (Å²) in [6, 6.07) is 6.21. The Hall–Kier alpha value is -1.02. The van der Waals surface area contributed by atoms with Crippen LogP contribution in [0.1, 0.15) is 24.0 Å². The molecule has 1 fully saturated rings. The molecule has 0 atom stereocenters. The van der Waals surface area contributed by atoms with Gasteiger partial charge in [0.1, 0.15) is 5.75 Å². The Bertz CT molecular complexity index is 309. The van der Waals surface area contributed by atoms with E-state index in [-0.39, 0.29) is 0 Å². The molecule has 1 aliphatic rings. The average molecular weight is 206 g/mol. The summed E-state index contributed by atoms with van der Waals surface area (Å²) >= 11 is 0. The van der Waals surface area contributed by atoms with Crippen LogP contribution in [0.4, 0.5) is 0 Å². The summed E-state index contributed by atoms with van der Waals surface area (Å²) in [7, 11) is 0. The molecule has 0 N–H and O–H groups in total. The van der Waals surface area contributed by atoms with Gasteiger partial charge in [0.2, 0.25) is 0 Å². The molecule has 0 aliphatic heterocycles. The highest BCUT2D eigenvalue weighted by Crippen LogP contribution is 2.28. The second-order valence-electron chi connectivity index (χ2n) is 4.40. The Labute approximate surface area is 91.2 Å². The summed E-state index contributed by atoms with van der Waals surface area (Å²) in [5, 5.41) is 0. The molecule has 2 nitrogen and oxygen atoms in total. The maximum atomic E-state index is 5.52. The van der Waals surface area contributed by atoms with Gasteiger partial charge in [-0.15, -0.1) is 0 Å². The molecule has 0 saturated heterocycles. The van der Waals surface area contributed by atoms with Crippen molar-refractivity contribution in [1.29, 1.82) is 0 Å². The van der Waals surface area contributed by atoms with E-state index < -0.39 is 0 Å². The second kappa shape index (κ2) is 4.67. The summed E-state index contributed by atoms with van der Waals surface area (Å²) in [6.07, 6.45) is 2.65. The van der Waals surface area contributed by atoms with Crippen molar-refractivity contribution in [3.8, 4) is 5.75 Å². The third-order valence-electron chi connectivity index (χ3n) is 2.55. The van der Waals surface area contributed by atoms with E-state index in [0.717, 1.165) is 18.3 Å². The van der Waals surface area contributed by atoms with Crippen LogP contribution in [0.25, 0.3) is 0 Å². The number of benzene rings is 1. The van der Waals surface area contributed by atoms with Gasteiger partial charge >= 0.3 is 0 Å². The Balaban J connectivity index is 1.76. The van der Waals surface area contributed by atoms with E-state index in [1.165, 1.54) is 24.0 Å². The molecular formula is C13H18O2. The van der Waals surface area contributed by atoms with E-state index >= 15 is 0 Å². The molecule has 0 bridgehead atoms. The molecule has 2 rings (SSSR count). The van der Waals surface area contributed by atoms with Gasteiger partial charge in [0.15, 0.2) is 6.79 Å². The fourth-order valence-electron chi connectivity index (χ4n) is 1.63. The number of rotatable bonds is 5. The lowest BCUT2D eigenvalue weighted by molar-refractivity contribution is 0.00993. The summed E-state index contributed by atoms with van der Waals surface area (Å²) in [5.41, 5.74) is 2.46. The van der Waals surface area contributed by atoms with Crippen LogP contribution in [0.2, 0.25) is 0 Å². The summed E-state index contributed by atoms with van der Waals surface area (Å²) in [5.74, 6) is 1.70. The van der Waals surface area contributed by atoms with Gasteiger partial charge in [-0.3, -0.25) is 0 Å². The van der Waals surface area contributed by atoms with Crippen molar-refractivity contribution in [2.75, 3.05) is 13.4 Å². The van der Waals surface area contributed by atoms with Gasteiger partial charge in [-0.1, -0.05) is 6.07 Å². The van der Waals surface area contributed by atoms with Crippen molar-refractivity contribution >= 4 is 0 Å². The Kier molecular flexibility index (Phi) is 3.27. The van der Waals surface area contributed by atoms with Crippen molar-refractivity contribution in [3.05, 3.63) is 29.3 Å². The molecule has 82 valence electrons. The maximum Gasteiger partial charge on any atom is 0.189 e. The molecule has 0 radical (unpaired) electrons. The zero-order chi connectivity index (χ0) is 10.7. The monoisotopic (exact) mass is 206 g/mol. The minimum absolute atomic E-state index is 0.374. The highest BCUT2D eigenvalue weighted by molar-refractivity contribution is 5.32. The lowest BCUT2D eigenvalue weighted by Gasteiger charge is -2.08. The van der Waals surface area contributed by atoms with Crippen LogP contribution in [0.15, 0.2) is 18.2 Å². The molecule has 2 heteroatoms. The molecule has 1 aromatic rings. The number of ether oxygens (including phenoxy) is 2. The van der Waals surface area contributed by atoms with Gasteiger partial charge < -0.3 is 9.47 Å². The van der Waals surface area contributed by atoms with Crippen molar-refractivity contribution in [1.82, 2.24) is 0 Å². The molecule has 15 heavy (non-hydrogen) atoms. The van der Waals surface area contributed by atoms with Crippen LogP contribution in [0.3, 0.4) is 0 Å². The molecule has 0 heterocycles. The van der Waals surface area contributed by atoms with Crippen molar-refractivity contribution in [3.63, 3.8) is 0 Å². The van der Waals surface area contributed by atoms with E-state index in [1.54, 1.807) is 0 Å². The first-order valence-electron chi connectivity index (χ1n) is 5.53. The van der Waals surface area contributed by atoms with Crippen LogP contribution in [-0.4, -0.2) is 13.4 Å². The third kappa shape index (κ3) is 3.56. The molecule has 0 spiro atoms. The molecule has 1 aliphatic carbocycles. The van der Waals surface area contributed by atoms with Crippen molar-refractivity contribution < 1.29 is 9.47 Å². The zero-order valence-electron chi connectivity index (χ0n) is 9.45. The summed E-state index contributed by atoms with van der Waals surface area (Å²) < 4.78 is 10.9. The van der Waals surface area contributed by atoms with Crippen molar-refractivity contribution in [2.24, 2.45) is 5.92 Å². The smallest absolute Gasteiger partial charge is 0.189 e. The van der Waals surface area contributed by atoms with E-state index in [4.69, 9.17) is 9.47 Å². The largest absolute Gasteiger partial charge is 0.468 e. The normalized spacial score (nSPS) is 15.3. The molecule has 0 amide bonds. The molecule has 0 aromatic heterocycles. The van der Waals surface area contributed by atoms with E-state index in [1.807, 2.05) is 12.1 Å². The Morgan fingerprint density at radius 1 is 1.13 bits per heavy atom. The first kappa shape index (κ1) is 10.5. The van der Waals surface area contributed by atoms with Gasteiger partial charge in [-0.05, 0) is 55.9 Å². The topological polar surface area (TPSA) is 18.5 Å². The predicted molar refractivity (Wildman–Crippen MR) is 60.1 cm³/mol. The predicted octanol–water partition coefficient (Wildman–Crippen LogP) is 3.07. The number of hydrogen-bond donors (Lipinski definition) is 0. The fourth-order valence-corrected chi connectivity index (χ4v) is 1.63. The van der Waals surface area contributed by atoms with Gasteiger partial charge in [0, 0.05) is 0 Å². The Morgan fingerprint density at radius 2 is 1.80 bits per heavy atom. The van der Waals surface area contributed by atoms with Crippen LogP contribution in [0, 0.1) is 19.8 Å². The molecular weight excluding hydrogens is 188 g/mol. The summed E-state index contributed by atoms with van der Waals surface area (Å²) in [6.45, 7) is 5.38. The maximum absolute atomic E-state index is 5.52. The Morgan fingerprint density at radius 3 is 2.40 bits per heavy atom. The van der Waals surface area contributed by atoms with Gasteiger partial charge in [-0.2, -0.15) is 0 Å². The van der Waals surface area contributed by atoms with Gasteiger partial charge in [0.05, 0.1) is 6.61 Å². The van der Waals surface area contributed by atoms with E-state index in [0.29, 0.717) is 6.79 Å². The quantitative estimate of drug-likeness (QED) is 0.544. The minimum Gasteiger partial charge on any atom is -0.468 e. The van der Waals surface area contributed by atoms with Crippen LogP contribution >= 0.6 is 0 Å². The zero-order valence-corrected chi connectivity index (χ0v) is 9.45. The highest BCUT2D eigenvalue weighted by Gasteiger charge is 2.20. The summed E-state index contributed by atoms with van der Waals surface area (Å²) in [4.78, 5) is 0. The molecule has 1 aromatic carbocycles. The third-order valence-corrected chi connectivity index (χ3v) is 2.55. The van der Waals surface area contributed by atoms with Crippen LogP contribution < -0.4 is 4.74 Å². The van der Waals surface area contributed by atoms with Gasteiger partial charge in [0.25, 0.3) is 0 Å². The van der Waals surface area contributed by atoms with Crippen LogP contribution in [-0.2, 0) is 4.74 Å². The lowest BCUT2D eigenvalue weighted by Crippen LogP contribution is -2.05. The van der Waals surface area contributed by atoms with Crippen molar-refractivity contribution in [2.45, 2.75) is 26.7 Å².